The van der Waals surface area contributed by atoms with Crippen LogP contribution in [0.3, 0.4) is 0 Å². The Morgan fingerprint density at radius 2 is 2.21 bits per heavy atom. The van der Waals surface area contributed by atoms with Gasteiger partial charge in [-0.15, -0.1) is 0 Å². The Labute approximate surface area is 139 Å². The van der Waals surface area contributed by atoms with Crippen LogP contribution in [0.2, 0.25) is 0 Å². The first-order valence-electron chi connectivity index (χ1n) is 8.33. The number of pyridine rings is 1. The van der Waals surface area contributed by atoms with Gasteiger partial charge in [0.05, 0.1) is 17.9 Å². The number of aryl methyl sites for hydroxylation is 1. The molecule has 1 aliphatic rings. The predicted octanol–water partition coefficient (Wildman–Crippen LogP) is 2.69. The van der Waals surface area contributed by atoms with Gasteiger partial charge in [-0.1, -0.05) is 12.8 Å². The summed E-state index contributed by atoms with van der Waals surface area (Å²) in [4.78, 5) is 16.7. The number of fused-ring (bicyclic) bond motifs is 1. The number of amides is 1. The van der Waals surface area contributed by atoms with Crippen LogP contribution in [0.15, 0.2) is 30.6 Å². The Morgan fingerprint density at radius 3 is 3.04 bits per heavy atom. The maximum Gasteiger partial charge on any atom is 0.247 e. The maximum atomic E-state index is 12.5. The fourth-order valence-corrected chi connectivity index (χ4v) is 3.38. The zero-order chi connectivity index (χ0) is 16.5. The minimum absolute atomic E-state index is 0.121. The molecule has 3 heterocycles. The lowest BCUT2D eigenvalue weighted by Crippen LogP contribution is -2.22. The van der Waals surface area contributed by atoms with Crippen LogP contribution in [-0.4, -0.2) is 30.5 Å². The monoisotopic (exact) mass is 324 g/mol. The van der Waals surface area contributed by atoms with E-state index in [0.29, 0.717) is 11.7 Å². The summed E-state index contributed by atoms with van der Waals surface area (Å²) in [5, 5.41) is 12.7. The van der Waals surface area contributed by atoms with Gasteiger partial charge in [-0.25, -0.2) is 14.3 Å². The molecular weight excluding hydrogens is 304 g/mol. The number of rotatable bonds is 4. The number of nitrogens with one attached hydrogen (secondary N) is 1. The molecule has 0 aliphatic heterocycles. The molecule has 0 bridgehead atoms. The van der Waals surface area contributed by atoms with Crippen LogP contribution in [0.5, 0.6) is 0 Å². The van der Waals surface area contributed by atoms with Crippen molar-refractivity contribution >= 4 is 22.8 Å². The zero-order valence-corrected chi connectivity index (χ0v) is 13.6. The molecule has 3 aromatic heterocycles. The van der Waals surface area contributed by atoms with Crippen LogP contribution in [0, 0.1) is 6.92 Å². The van der Waals surface area contributed by atoms with Crippen LogP contribution in [-0.2, 0) is 11.3 Å². The van der Waals surface area contributed by atoms with Gasteiger partial charge in [0.2, 0.25) is 5.91 Å². The van der Waals surface area contributed by atoms with Crippen molar-refractivity contribution < 1.29 is 4.79 Å². The first-order valence-corrected chi connectivity index (χ1v) is 8.33. The molecule has 0 spiro atoms. The van der Waals surface area contributed by atoms with Crippen LogP contribution in [0.25, 0.3) is 11.0 Å². The molecule has 3 aromatic rings. The molecule has 7 nitrogen and oxygen atoms in total. The van der Waals surface area contributed by atoms with Gasteiger partial charge < -0.3 is 5.32 Å². The number of nitrogens with zero attached hydrogens (tertiary/aromatic N) is 5. The third-order valence-corrected chi connectivity index (χ3v) is 4.49. The number of hydrogen-bond donors (Lipinski definition) is 1. The van der Waals surface area contributed by atoms with Crippen molar-refractivity contribution in [1.29, 1.82) is 0 Å². The highest BCUT2D eigenvalue weighted by molar-refractivity contribution is 5.90. The van der Waals surface area contributed by atoms with Gasteiger partial charge in [-0.3, -0.25) is 4.79 Å². The fourth-order valence-electron chi connectivity index (χ4n) is 3.38. The second-order valence-electron chi connectivity index (χ2n) is 6.32. The summed E-state index contributed by atoms with van der Waals surface area (Å²) in [5.41, 5.74) is 1.64. The van der Waals surface area contributed by atoms with E-state index >= 15 is 0 Å². The molecule has 0 aromatic carbocycles. The minimum Gasteiger partial charge on any atom is -0.309 e. The Hall–Kier alpha value is -2.70. The van der Waals surface area contributed by atoms with Gasteiger partial charge in [0.15, 0.2) is 5.65 Å². The summed E-state index contributed by atoms with van der Waals surface area (Å²) in [5.74, 6) is 0.652. The van der Waals surface area contributed by atoms with E-state index in [-0.39, 0.29) is 12.5 Å². The second kappa shape index (κ2) is 6.07. The van der Waals surface area contributed by atoms with Crippen molar-refractivity contribution in [3.63, 3.8) is 0 Å². The first-order chi connectivity index (χ1) is 11.7. The zero-order valence-electron chi connectivity index (χ0n) is 13.6. The van der Waals surface area contributed by atoms with Gasteiger partial charge in [0, 0.05) is 17.6 Å². The second-order valence-corrected chi connectivity index (χ2v) is 6.32. The van der Waals surface area contributed by atoms with Crippen molar-refractivity contribution in [1.82, 2.24) is 24.5 Å². The molecule has 1 aliphatic carbocycles. The molecule has 1 saturated carbocycles. The largest absolute Gasteiger partial charge is 0.309 e. The van der Waals surface area contributed by atoms with Crippen molar-refractivity contribution in [2.24, 2.45) is 0 Å². The van der Waals surface area contributed by atoms with Crippen LogP contribution in [0.1, 0.15) is 37.4 Å². The van der Waals surface area contributed by atoms with E-state index < -0.39 is 0 Å². The quantitative estimate of drug-likeness (QED) is 0.800. The molecule has 1 N–H and O–H groups in total. The van der Waals surface area contributed by atoms with Crippen molar-refractivity contribution in [3.8, 4) is 0 Å². The molecule has 0 atom stereocenters. The van der Waals surface area contributed by atoms with Crippen LogP contribution in [0.4, 0.5) is 5.82 Å². The standard InChI is InChI=1S/C17H20N6O/c1-12-9-15(23(21-12)14-6-2-3-7-14)20-16(24)11-22-17-13(10-19-22)5-4-8-18-17/h4-5,8-10,14H,2-3,6-7,11H2,1H3,(H,20,24). The molecular formula is C17H20N6O. The summed E-state index contributed by atoms with van der Waals surface area (Å²) >= 11 is 0. The van der Waals surface area contributed by atoms with Crippen molar-refractivity contribution in [3.05, 3.63) is 36.3 Å². The van der Waals surface area contributed by atoms with E-state index in [4.69, 9.17) is 0 Å². The molecule has 4 rings (SSSR count). The highest BCUT2D eigenvalue weighted by Gasteiger charge is 2.21. The normalized spacial score (nSPS) is 15.2. The molecule has 0 unspecified atom stereocenters. The third-order valence-electron chi connectivity index (χ3n) is 4.49. The van der Waals surface area contributed by atoms with Crippen LogP contribution < -0.4 is 5.32 Å². The molecule has 124 valence electrons. The van der Waals surface area contributed by atoms with Gasteiger partial charge in [0.25, 0.3) is 0 Å². The van der Waals surface area contributed by atoms with Gasteiger partial charge in [-0.05, 0) is 31.9 Å². The number of anilines is 1. The van der Waals surface area contributed by atoms with E-state index in [1.165, 1.54) is 12.8 Å². The number of carbonyl (C=O) groups excluding carboxylic acids is 1. The predicted molar refractivity (Wildman–Crippen MR) is 90.6 cm³/mol. The molecule has 7 heteroatoms. The Morgan fingerprint density at radius 1 is 1.38 bits per heavy atom. The number of carbonyl (C=O) groups is 1. The third kappa shape index (κ3) is 2.77. The van der Waals surface area contributed by atoms with E-state index in [2.05, 4.69) is 20.5 Å². The molecule has 1 amide bonds. The summed E-state index contributed by atoms with van der Waals surface area (Å²) in [6, 6.07) is 6.11. The summed E-state index contributed by atoms with van der Waals surface area (Å²) in [7, 11) is 0. The van der Waals surface area contributed by atoms with Crippen LogP contribution >= 0.6 is 0 Å². The summed E-state index contributed by atoms with van der Waals surface area (Å²) < 4.78 is 3.59. The van der Waals surface area contributed by atoms with E-state index in [9.17, 15) is 4.79 Å². The molecule has 0 saturated heterocycles. The van der Waals surface area contributed by atoms with E-state index in [1.807, 2.05) is 29.8 Å². The van der Waals surface area contributed by atoms with Crippen molar-refractivity contribution in [2.75, 3.05) is 5.32 Å². The lowest BCUT2D eigenvalue weighted by Gasteiger charge is -2.14. The molecule has 24 heavy (non-hydrogen) atoms. The van der Waals surface area contributed by atoms with Gasteiger partial charge in [-0.2, -0.15) is 10.2 Å². The number of hydrogen-bond acceptors (Lipinski definition) is 4. The Balaban J connectivity index is 1.52. The lowest BCUT2D eigenvalue weighted by atomic mass is 10.2. The van der Waals surface area contributed by atoms with E-state index in [0.717, 1.165) is 29.7 Å². The summed E-state index contributed by atoms with van der Waals surface area (Å²) in [6.07, 6.45) is 8.12. The Kier molecular flexibility index (Phi) is 3.76. The van der Waals surface area contributed by atoms with Gasteiger partial charge >= 0.3 is 0 Å². The lowest BCUT2D eigenvalue weighted by molar-refractivity contribution is -0.116. The first kappa shape index (κ1) is 14.9. The molecule has 0 radical (unpaired) electrons. The average Bonchev–Trinajstić information content (AvgIpc) is 3.28. The SMILES string of the molecule is Cc1cc(NC(=O)Cn2ncc3cccnc32)n(C2CCCC2)n1. The highest BCUT2D eigenvalue weighted by Crippen LogP contribution is 2.31. The molecule has 1 fully saturated rings. The van der Waals surface area contributed by atoms with Crippen molar-refractivity contribution in [2.45, 2.75) is 45.2 Å². The Bertz CT molecular complexity index is 874. The minimum atomic E-state index is -0.121. The summed E-state index contributed by atoms with van der Waals surface area (Å²) in [6.45, 7) is 2.08. The smallest absolute Gasteiger partial charge is 0.247 e. The van der Waals surface area contributed by atoms with E-state index in [1.54, 1.807) is 17.1 Å². The van der Waals surface area contributed by atoms with Gasteiger partial charge in [0.1, 0.15) is 12.4 Å². The topological polar surface area (TPSA) is 77.6 Å². The number of aromatic nitrogens is 5. The highest BCUT2D eigenvalue weighted by atomic mass is 16.2. The maximum absolute atomic E-state index is 12.5. The fraction of sp³-hybridized carbons (Fsp3) is 0.412. The average molecular weight is 324 g/mol.